The van der Waals surface area contributed by atoms with Crippen LogP contribution in [0.5, 0.6) is 0 Å². The fourth-order valence-electron chi connectivity index (χ4n) is 7.44. The first-order valence-electron chi connectivity index (χ1n) is 17.8. The topological polar surface area (TPSA) is 3.24 Å². The molecule has 0 aliphatic heterocycles. The maximum atomic E-state index is 3.81. The van der Waals surface area contributed by atoms with Crippen molar-refractivity contribution in [2.24, 2.45) is 0 Å². The quantitative estimate of drug-likeness (QED) is 0.152. The SMILES string of the molecule is C=C/C=C\C=C1/CC=Cc2c1ccc1ccc(C3=CCC(N(c4ccc(C5=CCCC=C5)cc4)c4ccc(-c5ccccc5)cc4)C=C3)cc21. The molecule has 50 heavy (non-hydrogen) atoms. The Hall–Kier alpha value is -5.92. The van der Waals surface area contributed by atoms with Crippen LogP contribution in [0.3, 0.4) is 0 Å². The van der Waals surface area contributed by atoms with E-state index in [0.717, 1.165) is 25.7 Å². The Labute approximate surface area is 296 Å². The van der Waals surface area contributed by atoms with Crippen molar-refractivity contribution in [1.29, 1.82) is 0 Å². The van der Waals surface area contributed by atoms with Gasteiger partial charge in [-0.05, 0) is 117 Å². The van der Waals surface area contributed by atoms with Gasteiger partial charge in [0.25, 0.3) is 0 Å². The predicted molar refractivity (Wildman–Crippen MR) is 217 cm³/mol. The van der Waals surface area contributed by atoms with Gasteiger partial charge in [0, 0.05) is 11.4 Å². The second-order valence-electron chi connectivity index (χ2n) is 13.2. The number of fused-ring (bicyclic) bond motifs is 3. The molecule has 242 valence electrons. The molecule has 0 fully saturated rings. The summed E-state index contributed by atoms with van der Waals surface area (Å²) in [6.07, 6.45) is 30.8. The van der Waals surface area contributed by atoms with E-state index in [4.69, 9.17) is 0 Å². The lowest BCUT2D eigenvalue weighted by Gasteiger charge is -2.33. The summed E-state index contributed by atoms with van der Waals surface area (Å²) in [4.78, 5) is 2.49. The molecule has 1 heteroatoms. The van der Waals surface area contributed by atoms with Crippen LogP contribution in [-0.4, -0.2) is 6.04 Å². The molecule has 0 radical (unpaired) electrons. The van der Waals surface area contributed by atoms with Crippen LogP contribution in [0.25, 0.3) is 44.7 Å². The molecule has 0 amide bonds. The molecule has 1 atom stereocenters. The lowest BCUT2D eigenvalue weighted by atomic mass is 9.86. The molecule has 1 nitrogen and oxygen atoms in total. The highest BCUT2D eigenvalue weighted by molar-refractivity contribution is 5.99. The minimum atomic E-state index is 0.188. The Morgan fingerprint density at radius 3 is 2.06 bits per heavy atom. The Balaban J connectivity index is 1.10. The van der Waals surface area contributed by atoms with Gasteiger partial charge in [0.15, 0.2) is 0 Å². The molecule has 0 spiro atoms. The first kappa shape index (κ1) is 31.4. The van der Waals surface area contributed by atoms with Gasteiger partial charge in [0.1, 0.15) is 0 Å². The Kier molecular flexibility index (Phi) is 8.96. The van der Waals surface area contributed by atoms with Gasteiger partial charge >= 0.3 is 0 Å². The van der Waals surface area contributed by atoms with E-state index in [2.05, 4.69) is 181 Å². The van der Waals surface area contributed by atoms with Gasteiger partial charge in [-0.15, -0.1) is 0 Å². The molecule has 8 rings (SSSR count). The van der Waals surface area contributed by atoms with Crippen molar-refractivity contribution in [3.05, 3.63) is 205 Å². The molecule has 3 aliphatic rings. The van der Waals surface area contributed by atoms with Crippen molar-refractivity contribution < 1.29 is 0 Å². The molecular weight excluding hydrogens is 603 g/mol. The number of benzene rings is 5. The van der Waals surface area contributed by atoms with Gasteiger partial charge < -0.3 is 4.90 Å². The molecule has 0 aromatic heterocycles. The standard InChI is InChI=1S/C49H41N/c1-2-3-6-16-41-17-11-18-48-47(41)34-27-42-19-20-43(35-49(42)48)40-25-32-46(33-26-40)50(44-28-21-38(22-29-44)36-12-7-4-8-13-36)45-30-23-39(24-31-45)37-14-9-5-10-15-37/h2-4,6-9,11-16,18-32,34-35,46H,1,5,10,17,33H2/b6-3-,41-16+. The average molecular weight is 644 g/mol. The van der Waals surface area contributed by atoms with Crippen molar-refractivity contribution >= 4 is 44.9 Å². The van der Waals surface area contributed by atoms with Crippen molar-refractivity contribution in [2.45, 2.75) is 31.7 Å². The highest BCUT2D eigenvalue weighted by atomic mass is 15.2. The zero-order valence-electron chi connectivity index (χ0n) is 28.4. The van der Waals surface area contributed by atoms with E-state index < -0.39 is 0 Å². The minimum absolute atomic E-state index is 0.188. The summed E-state index contributed by atoms with van der Waals surface area (Å²) >= 11 is 0. The summed E-state index contributed by atoms with van der Waals surface area (Å²) in [6, 6.07) is 40.4. The zero-order chi connectivity index (χ0) is 33.7. The van der Waals surface area contributed by atoms with Crippen LogP contribution in [-0.2, 0) is 0 Å². The van der Waals surface area contributed by atoms with Crippen molar-refractivity contribution in [1.82, 2.24) is 0 Å². The second-order valence-corrected chi connectivity index (χ2v) is 13.2. The maximum Gasteiger partial charge on any atom is 0.0560 e. The molecular formula is C49H41N. The molecule has 0 N–H and O–H groups in total. The zero-order valence-corrected chi connectivity index (χ0v) is 28.4. The van der Waals surface area contributed by atoms with Crippen molar-refractivity contribution in [3.63, 3.8) is 0 Å². The highest BCUT2D eigenvalue weighted by Crippen LogP contribution is 2.38. The van der Waals surface area contributed by atoms with Gasteiger partial charge in [-0.2, -0.15) is 0 Å². The Morgan fingerprint density at radius 2 is 1.34 bits per heavy atom. The van der Waals surface area contributed by atoms with E-state index in [0.29, 0.717) is 0 Å². The largest absolute Gasteiger partial charge is 0.334 e. The van der Waals surface area contributed by atoms with Crippen LogP contribution in [0.4, 0.5) is 11.4 Å². The molecule has 5 aromatic carbocycles. The van der Waals surface area contributed by atoms with E-state index in [1.807, 2.05) is 12.2 Å². The Bertz CT molecular complexity index is 2250. The van der Waals surface area contributed by atoms with Crippen molar-refractivity contribution in [2.75, 3.05) is 4.90 Å². The molecule has 0 heterocycles. The molecule has 3 aliphatic carbocycles. The summed E-state index contributed by atoms with van der Waals surface area (Å²) < 4.78 is 0. The molecule has 0 saturated heterocycles. The van der Waals surface area contributed by atoms with E-state index >= 15 is 0 Å². The summed E-state index contributed by atoms with van der Waals surface area (Å²) in [5.41, 5.74) is 13.9. The predicted octanol–water partition coefficient (Wildman–Crippen LogP) is 13.3. The van der Waals surface area contributed by atoms with E-state index in [-0.39, 0.29) is 6.04 Å². The number of hydrogen-bond donors (Lipinski definition) is 0. The van der Waals surface area contributed by atoms with Crippen molar-refractivity contribution in [3.8, 4) is 11.1 Å². The fourth-order valence-corrected chi connectivity index (χ4v) is 7.44. The number of rotatable bonds is 8. The Morgan fingerprint density at radius 1 is 0.620 bits per heavy atom. The number of hydrogen-bond acceptors (Lipinski definition) is 1. The van der Waals surface area contributed by atoms with E-state index in [9.17, 15) is 0 Å². The van der Waals surface area contributed by atoms with Gasteiger partial charge in [0.05, 0.1) is 6.04 Å². The van der Waals surface area contributed by atoms with Crippen LogP contribution in [0.2, 0.25) is 0 Å². The monoisotopic (exact) mass is 643 g/mol. The van der Waals surface area contributed by atoms with Gasteiger partial charge in [-0.1, -0.05) is 158 Å². The van der Waals surface area contributed by atoms with Crippen LogP contribution < -0.4 is 4.90 Å². The fraction of sp³-hybridized carbons (Fsp3) is 0.102. The first-order valence-corrected chi connectivity index (χ1v) is 17.8. The third-order valence-electron chi connectivity index (χ3n) is 10.0. The van der Waals surface area contributed by atoms with Gasteiger partial charge in [-0.3, -0.25) is 0 Å². The lowest BCUT2D eigenvalue weighted by molar-refractivity contribution is 0.787. The summed E-state index contributed by atoms with van der Waals surface area (Å²) in [7, 11) is 0. The summed E-state index contributed by atoms with van der Waals surface area (Å²) in [5.74, 6) is 0. The average Bonchev–Trinajstić information content (AvgIpc) is 3.19. The maximum absolute atomic E-state index is 3.81. The third kappa shape index (κ3) is 6.43. The number of nitrogens with zero attached hydrogens (tertiary/aromatic N) is 1. The minimum Gasteiger partial charge on any atom is -0.334 e. The normalized spacial score (nSPS) is 17.5. The van der Waals surface area contributed by atoms with E-state index in [1.54, 1.807) is 0 Å². The lowest BCUT2D eigenvalue weighted by Crippen LogP contribution is -2.30. The van der Waals surface area contributed by atoms with Gasteiger partial charge in [-0.25, -0.2) is 0 Å². The van der Waals surface area contributed by atoms with Crippen LogP contribution in [0.1, 0.15) is 47.9 Å². The van der Waals surface area contributed by atoms with Crippen LogP contribution in [0, 0.1) is 0 Å². The third-order valence-corrected chi connectivity index (χ3v) is 10.0. The molecule has 0 bridgehead atoms. The number of allylic oxidation sites excluding steroid dienone is 12. The first-order chi connectivity index (χ1) is 24.7. The second kappa shape index (κ2) is 14.3. The van der Waals surface area contributed by atoms with E-state index in [1.165, 1.54) is 72.2 Å². The molecule has 5 aromatic rings. The molecule has 1 unspecified atom stereocenters. The summed E-state index contributed by atoms with van der Waals surface area (Å²) in [6.45, 7) is 3.81. The van der Waals surface area contributed by atoms with Crippen LogP contribution >= 0.6 is 0 Å². The highest BCUT2D eigenvalue weighted by Gasteiger charge is 2.22. The van der Waals surface area contributed by atoms with Crippen LogP contribution in [0.15, 0.2) is 183 Å². The number of anilines is 2. The smallest absolute Gasteiger partial charge is 0.0560 e. The van der Waals surface area contributed by atoms with Gasteiger partial charge in [0.2, 0.25) is 0 Å². The summed E-state index contributed by atoms with van der Waals surface area (Å²) in [5, 5.41) is 2.57. The molecule has 0 saturated carbocycles.